The van der Waals surface area contributed by atoms with Gasteiger partial charge in [-0.3, -0.25) is 14.5 Å². The summed E-state index contributed by atoms with van der Waals surface area (Å²) in [5.41, 5.74) is -0.116. The Kier molecular flexibility index (Phi) is 5.32. The van der Waals surface area contributed by atoms with Gasteiger partial charge in [0.15, 0.2) is 0 Å². The predicted octanol–water partition coefficient (Wildman–Crippen LogP) is 3.07. The first-order valence-corrected chi connectivity index (χ1v) is 10.4. The fraction of sp³-hybridized carbons (Fsp3) is 0.636. The van der Waals surface area contributed by atoms with Crippen LogP contribution in [0.15, 0.2) is 24.3 Å². The first-order chi connectivity index (χ1) is 13.5. The fourth-order valence-corrected chi connectivity index (χ4v) is 4.81. The quantitative estimate of drug-likeness (QED) is 0.801. The van der Waals surface area contributed by atoms with E-state index in [1.165, 1.54) is 0 Å². The molecule has 1 unspecified atom stereocenters. The molecule has 4 rings (SSSR count). The molecule has 1 spiro atoms. The summed E-state index contributed by atoms with van der Waals surface area (Å²) in [6.45, 7) is 4.09. The van der Waals surface area contributed by atoms with E-state index in [1.54, 1.807) is 24.1 Å². The van der Waals surface area contributed by atoms with Crippen LogP contribution in [0.4, 0.5) is 0 Å². The Balaban J connectivity index is 1.67. The molecule has 1 aliphatic carbocycles. The normalized spacial score (nSPS) is 30.1. The Labute approximate surface area is 166 Å². The van der Waals surface area contributed by atoms with Crippen LogP contribution >= 0.6 is 0 Å². The lowest BCUT2D eigenvalue weighted by Gasteiger charge is -2.43. The molecule has 1 aromatic carbocycles. The highest BCUT2D eigenvalue weighted by Gasteiger charge is 2.54. The summed E-state index contributed by atoms with van der Waals surface area (Å²) in [7, 11) is 1.59. The second-order valence-corrected chi connectivity index (χ2v) is 8.40. The Morgan fingerprint density at radius 2 is 1.89 bits per heavy atom. The van der Waals surface area contributed by atoms with Crippen molar-refractivity contribution in [2.75, 3.05) is 26.8 Å². The third kappa shape index (κ3) is 3.39. The van der Waals surface area contributed by atoms with Crippen molar-refractivity contribution >= 4 is 11.8 Å². The van der Waals surface area contributed by atoms with Crippen LogP contribution in [0.3, 0.4) is 0 Å². The van der Waals surface area contributed by atoms with Crippen LogP contribution < -0.4 is 4.74 Å². The third-order valence-corrected chi connectivity index (χ3v) is 6.55. The van der Waals surface area contributed by atoms with Crippen LogP contribution in [0.5, 0.6) is 5.75 Å². The van der Waals surface area contributed by atoms with Crippen molar-refractivity contribution in [3.63, 3.8) is 0 Å². The van der Waals surface area contributed by atoms with Crippen LogP contribution in [-0.4, -0.2) is 60.2 Å². The SMILES string of the molecule is COc1cccc(C(=O)N2C(C(=O)N3CCCC3)COC23CCC(C)CC3)c1. The van der Waals surface area contributed by atoms with Crippen LogP contribution in [-0.2, 0) is 9.53 Å². The Morgan fingerprint density at radius 3 is 2.57 bits per heavy atom. The molecule has 0 N–H and O–H groups in total. The molecule has 2 heterocycles. The number of carbonyl (C=O) groups excluding carboxylic acids is 2. The lowest BCUT2D eigenvalue weighted by atomic mass is 9.83. The number of methoxy groups -OCH3 is 1. The maximum Gasteiger partial charge on any atom is 0.257 e. The molecular weight excluding hydrogens is 356 g/mol. The number of ether oxygens (including phenoxy) is 2. The summed E-state index contributed by atoms with van der Waals surface area (Å²) in [5.74, 6) is 1.16. The fourth-order valence-electron chi connectivity index (χ4n) is 4.81. The van der Waals surface area contributed by atoms with E-state index >= 15 is 0 Å². The molecule has 2 aliphatic heterocycles. The summed E-state index contributed by atoms with van der Waals surface area (Å²) in [6.07, 6.45) is 5.65. The Morgan fingerprint density at radius 1 is 1.18 bits per heavy atom. The van der Waals surface area contributed by atoms with Gasteiger partial charge in [-0.15, -0.1) is 0 Å². The van der Waals surface area contributed by atoms with Crippen LogP contribution in [0, 0.1) is 5.92 Å². The molecule has 1 atom stereocenters. The highest BCUT2D eigenvalue weighted by molar-refractivity contribution is 5.98. The van der Waals surface area contributed by atoms with E-state index in [9.17, 15) is 9.59 Å². The summed E-state index contributed by atoms with van der Waals surface area (Å²) in [4.78, 5) is 30.5. The summed E-state index contributed by atoms with van der Waals surface area (Å²) in [5, 5.41) is 0. The number of rotatable bonds is 3. The van der Waals surface area contributed by atoms with Crippen molar-refractivity contribution in [3.05, 3.63) is 29.8 Å². The zero-order valence-electron chi connectivity index (χ0n) is 16.9. The molecule has 2 saturated heterocycles. The van der Waals surface area contributed by atoms with Gasteiger partial charge in [-0.1, -0.05) is 13.0 Å². The van der Waals surface area contributed by atoms with E-state index in [4.69, 9.17) is 9.47 Å². The van der Waals surface area contributed by atoms with Crippen molar-refractivity contribution in [2.45, 2.75) is 57.2 Å². The van der Waals surface area contributed by atoms with Crippen molar-refractivity contribution in [2.24, 2.45) is 5.92 Å². The zero-order chi connectivity index (χ0) is 19.7. The maximum atomic E-state index is 13.6. The van der Waals surface area contributed by atoms with Crippen LogP contribution in [0.2, 0.25) is 0 Å². The van der Waals surface area contributed by atoms with Gasteiger partial charge in [0.1, 0.15) is 17.5 Å². The molecule has 2 amide bonds. The molecule has 0 aromatic heterocycles. The topological polar surface area (TPSA) is 59.1 Å². The zero-order valence-corrected chi connectivity index (χ0v) is 16.9. The van der Waals surface area contributed by atoms with Gasteiger partial charge in [-0.05, 0) is 62.6 Å². The molecule has 152 valence electrons. The van der Waals surface area contributed by atoms with Gasteiger partial charge in [-0.2, -0.15) is 0 Å². The van der Waals surface area contributed by atoms with Crippen molar-refractivity contribution in [3.8, 4) is 5.75 Å². The average Bonchev–Trinajstić information content (AvgIpc) is 3.38. The summed E-state index contributed by atoms with van der Waals surface area (Å²) in [6, 6.07) is 6.64. The second-order valence-electron chi connectivity index (χ2n) is 8.40. The number of carbonyl (C=O) groups is 2. The van der Waals surface area contributed by atoms with Gasteiger partial charge >= 0.3 is 0 Å². The van der Waals surface area contributed by atoms with E-state index in [0.717, 1.165) is 51.6 Å². The highest BCUT2D eigenvalue weighted by atomic mass is 16.5. The number of benzene rings is 1. The second kappa shape index (κ2) is 7.74. The first-order valence-electron chi connectivity index (χ1n) is 10.4. The smallest absolute Gasteiger partial charge is 0.257 e. The monoisotopic (exact) mass is 386 g/mol. The van der Waals surface area contributed by atoms with Crippen molar-refractivity contribution in [1.29, 1.82) is 0 Å². The molecule has 0 bridgehead atoms. The van der Waals surface area contributed by atoms with Gasteiger partial charge < -0.3 is 14.4 Å². The number of amides is 2. The molecule has 6 nitrogen and oxygen atoms in total. The van der Waals surface area contributed by atoms with Crippen LogP contribution in [0.1, 0.15) is 55.8 Å². The molecule has 1 aromatic rings. The van der Waals surface area contributed by atoms with E-state index in [-0.39, 0.29) is 11.8 Å². The minimum Gasteiger partial charge on any atom is -0.497 e. The van der Waals surface area contributed by atoms with Gasteiger partial charge in [0.25, 0.3) is 5.91 Å². The van der Waals surface area contributed by atoms with Crippen molar-refractivity contribution in [1.82, 2.24) is 9.80 Å². The van der Waals surface area contributed by atoms with Crippen LogP contribution in [0.25, 0.3) is 0 Å². The largest absolute Gasteiger partial charge is 0.497 e. The van der Waals surface area contributed by atoms with E-state index in [1.807, 2.05) is 17.0 Å². The number of hydrogen-bond acceptors (Lipinski definition) is 4. The lowest BCUT2D eigenvalue weighted by Crippen LogP contribution is -2.57. The van der Waals surface area contributed by atoms with E-state index in [2.05, 4.69) is 6.92 Å². The first kappa shape index (κ1) is 19.2. The molecule has 1 saturated carbocycles. The predicted molar refractivity (Wildman–Crippen MR) is 105 cm³/mol. The standard InChI is InChI=1S/C22H30N2O4/c1-16-8-10-22(11-9-16)24(20(25)17-6-5-7-18(14-17)27-2)19(15-28-22)21(26)23-12-3-4-13-23/h5-7,14,16,19H,3-4,8-13,15H2,1-2H3. The van der Waals surface area contributed by atoms with Gasteiger partial charge in [0.2, 0.25) is 5.91 Å². The van der Waals surface area contributed by atoms with Gasteiger partial charge in [-0.25, -0.2) is 0 Å². The third-order valence-electron chi connectivity index (χ3n) is 6.55. The lowest BCUT2D eigenvalue weighted by molar-refractivity contribution is -0.136. The molecular formula is C22H30N2O4. The minimum atomic E-state index is -0.660. The minimum absolute atomic E-state index is 0.0317. The molecule has 6 heteroatoms. The number of likely N-dealkylation sites (tertiary alicyclic amines) is 1. The Hall–Kier alpha value is -2.08. The van der Waals surface area contributed by atoms with Gasteiger partial charge in [0.05, 0.1) is 13.7 Å². The van der Waals surface area contributed by atoms with E-state index in [0.29, 0.717) is 23.8 Å². The maximum absolute atomic E-state index is 13.6. The average molecular weight is 386 g/mol. The number of nitrogens with zero attached hydrogens (tertiary/aromatic N) is 2. The molecule has 28 heavy (non-hydrogen) atoms. The van der Waals surface area contributed by atoms with Gasteiger partial charge in [0, 0.05) is 18.7 Å². The molecule has 3 aliphatic rings. The summed E-state index contributed by atoms with van der Waals surface area (Å²) >= 11 is 0. The van der Waals surface area contributed by atoms with Crippen molar-refractivity contribution < 1.29 is 19.1 Å². The number of hydrogen-bond donors (Lipinski definition) is 0. The highest BCUT2D eigenvalue weighted by Crippen LogP contribution is 2.43. The Bertz CT molecular complexity index is 736. The molecule has 3 fully saturated rings. The molecule has 0 radical (unpaired) electrons. The summed E-state index contributed by atoms with van der Waals surface area (Å²) < 4.78 is 11.6. The van der Waals surface area contributed by atoms with E-state index < -0.39 is 11.8 Å².